The Bertz CT molecular complexity index is 1250. The smallest absolute Gasteiger partial charge is 0.421 e. The summed E-state index contributed by atoms with van der Waals surface area (Å²) < 4.78 is 58.8. The molecule has 0 aliphatic rings. The highest BCUT2D eigenvalue weighted by Crippen LogP contribution is 2.37. The average molecular weight is 497 g/mol. The molecule has 0 fully saturated rings. The van der Waals surface area contributed by atoms with Gasteiger partial charge in [-0.1, -0.05) is 11.6 Å². The highest BCUT2D eigenvalue weighted by Gasteiger charge is 2.35. The van der Waals surface area contributed by atoms with E-state index < -0.39 is 46.9 Å². The number of ether oxygens (including phenoxy) is 1. The van der Waals surface area contributed by atoms with Gasteiger partial charge < -0.3 is 14.7 Å². The van der Waals surface area contributed by atoms with Crippen molar-refractivity contribution in [1.82, 2.24) is 4.98 Å². The molecule has 3 aromatic rings. The highest BCUT2D eigenvalue weighted by molar-refractivity contribution is 6.30. The summed E-state index contributed by atoms with van der Waals surface area (Å²) in [5, 5.41) is 9.55. The fourth-order valence-corrected chi connectivity index (χ4v) is 3.27. The van der Waals surface area contributed by atoms with Gasteiger partial charge in [-0.05, 0) is 62.4 Å². The first kappa shape index (κ1) is 25.0. The molecular weight excluding hydrogens is 480 g/mol. The first-order chi connectivity index (χ1) is 15.9. The number of carboxylic acids is 1. The Kier molecular flexibility index (Phi) is 7.11. The second-order valence-corrected chi connectivity index (χ2v) is 7.75. The molecule has 1 amide bonds. The van der Waals surface area contributed by atoms with E-state index in [2.05, 4.69) is 4.98 Å². The number of rotatable bonds is 6. The van der Waals surface area contributed by atoms with Crippen molar-refractivity contribution < 1.29 is 37.0 Å². The second-order valence-electron chi connectivity index (χ2n) is 7.34. The van der Waals surface area contributed by atoms with Gasteiger partial charge in [-0.25, -0.2) is 14.2 Å². The Morgan fingerprint density at radius 2 is 1.82 bits per heavy atom. The zero-order valence-corrected chi connectivity index (χ0v) is 18.5. The molecule has 6 nitrogen and oxygen atoms in total. The number of carbonyl (C=O) groups is 2. The molecule has 0 saturated carbocycles. The third-order valence-electron chi connectivity index (χ3n) is 4.65. The van der Waals surface area contributed by atoms with Crippen molar-refractivity contribution >= 4 is 29.2 Å². The van der Waals surface area contributed by atoms with Crippen molar-refractivity contribution in [2.75, 3.05) is 4.90 Å². The van der Waals surface area contributed by atoms with Gasteiger partial charge in [-0.2, -0.15) is 13.2 Å². The quantitative estimate of drug-likeness (QED) is 0.397. The molecule has 3 rings (SSSR count). The van der Waals surface area contributed by atoms with Gasteiger partial charge in [-0.15, -0.1) is 0 Å². The number of carboxylic acid groups (broad SMARTS) is 1. The molecule has 0 unspecified atom stereocenters. The molecule has 0 saturated heterocycles. The third-order valence-corrected chi connectivity index (χ3v) is 4.96. The number of hydrogen-bond donors (Lipinski definition) is 1. The average Bonchev–Trinajstić information content (AvgIpc) is 2.75. The van der Waals surface area contributed by atoms with E-state index in [1.54, 1.807) is 13.8 Å². The maximum atomic E-state index is 13.9. The van der Waals surface area contributed by atoms with Crippen LogP contribution in [0.3, 0.4) is 0 Å². The van der Waals surface area contributed by atoms with Crippen LogP contribution in [0, 0.1) is 5.82 Å². The van der Waals surface area contributed by atoms with Crippen LogP contribution >= 0.6 is 11.6 Å². The number of amides is 1. The van der Waals surface area contributed by atoms with E-state index in [-0.39, 0.29) is 22.0 Å². The van der Waals surface area contributed by atoms with Crippen molar-refractivity contribution in [3.05, 3.63) is 82.3 Å². The Morgan fingerprint density at radius 3 is 2.41 bits per heavy atom. The molecule has 0 aliphatic heterocycles. The number of pyridine rings is 1. The molecule has 0 bridgehead atoms. The Morgan fingerprint density at radius 1 is 1.12 bits per heavy atom. The maximum Gasteiger partial charge on any atom is 0.421 e. The number of aromatic nitrogens is 1. The SMILES string of the molecule is CC(C)N(C(=O)c1ccc(Cl)c(F)c1)c1ccc(Oc2ncccc2C(F)(F)F)cc1C(=O)O. The summed E-state index contributed by atoms with van der Waals surface area (Å²) in [4.78, 5) is 29.8. The maximum absolute atomic E-state index is 13.9. The van der Waals surface area contributed by atoms with E-state index in [0.29, 0.717) is 0 Å². The molecule has 1 aromatic heterocycles. The molecule has 0 spiro atoms. The minimum absolute atomic E-state index is 0.0627. The van der Waals surface area contributed by atoms with Gasteiger partial charge in [0.1, 0.15) is 17.1 Å². The summed E-state index contributed by atoms with van der Waals surface area (Å²) in [6.07, 6.45) is -3.64. The highest BCUT2D eigenvalue weighted by atomic mass is 35.5. The van der Waals surface area contributed by atoms with E-state index in [1.165, 1.54) is 24.3 Å². The molecule has 2 aromatic carbocycles. The van der Waals surface area contributed by atoms with Crippen LogP contribution in [0.2, 0.25) is 5.02 Å². The molecular formula is C23H17ClF4N2O4. The lowest BCUT2D eigenvalue weighted by molar-refractivity contribution is -0.138. The van der Waals surface area contributed by atoms with Gasteiger partial charge in [0.15, 0.2) is 0 Å². The number of alkyl halides is 3. The Balaban J connectivity index is 2.04. The molecule has 0 radical (unpaired) electrons. The second kappa shape index (κ2) is 9.68. The number of benzene rings is 2. The van der Waals surface area contributed by atoms with Crippen molar-refractivity contribution in [3.63, 3.8) is 0 Å². The van der Waals surface area contributed by atoms with Crippen LogP contribution < -0.4 is 9.64 Å². The number of carbonyl (C=O) groups excluding carboxylic acids is 1. The molecule has 1 heterocycles. The van der Waals surface area contributed by atoms with E-state index in [1.807, 2.05) is 0 Å². The van der Waals surface area contributed by atoms with E-state index >= 15 is 0 Å². The van der Waals surface area contributed by atoms with E-state index in [4.69, 9.17) is 16.3 Å². The normalized spacial score (nSPS) is 11.4. The summed E-state index contributed by atoms with van der Waals surface area (Å²) in [5.41, 5.74) is -1.69. The van der Waals surface area contributed by atoms with E-state index in [0.717, 1.165) is 35.4 Å². The van der Waals surface area contributed by atoms with Gasteiger partial charge in [-0.3, -0.25) is 4.79 Å². The lowest BCUT2D eigenvalue weighted by atomic mass is 10.1. The summed E-state index contributed by atoms with van der Waals surface area (Å²) in [6, 6.07) is 8.13. The molecule has 1 N–H and O–H groups in total. The summed E-state index contributed by atoms with van der Waals surface area (Å²) in [6.45, 7) is 3.23. The van der Waals surface area contributed by atoms with E-state index in [9.17, 15) is 32.3 Å². The first-order valence-electron chi connectivity index (χ1n) is 9.76. The third kappa shape index (κ3) is 5.28. The topological polar surface area (TPSA) is 79.7 Å². The number of aromatic carboxylic acids is 1. The van der Waals surface area contributed by atoms with Crippen LogP contribution in [-0.2, 0) is 6.18 Å². The van der Waals surface area contributed by atoms with Gasteiger partial charge in [0.25, 0.3) is 5.91 Å². The molecule has 34 heavy (non-hydrogen) atoms. The van der Waals surface area contributed by atoms with Gasteiger partial charge >= 0.3 is 12.1 Å². The molecule has 0 atom stereocenters. The lowest BCUT2D eigenvalue weighted by Crippen LogP contribution is -2.38. The molecule has 11 heteroatoms. The molecule has 178 valence electrons. The zero-order valence-electron chi connectivity index (χ0n) is 17.7. The van der Waals surface area contributed by atoms with Crippen LogP contribution in [0.4, 0.5) is 23.2 Å². The first-order valence-corrected chi connectivity index (χ1v) is 10.1. The predicted molar refractivity (Wildman–Crippen MR) is 116 cm³/mol. The van der Waals surface area contributed by atoms with Gasteiger partial charge in [0, 0.05) is 17.8 Å². The summed E-state index contributed by atoms with van der Waals surface area (Å²) in [5.74, 6) is -3.98. The van der Waals surface area contributed by atoms with Crippen molar-refractivity contribution in [2.45, 2.75) is 26.1 Å². The van der Waals surface area contributed by atoms with Crippen LogP contribution in [-0.4, -0.2) is 28.0 Å². The van der Waals surface area contributed by atoms with Crippen LogP contribution in [0.25, 0.3) is 0 Å². The number of halogens is 5. The fourth-order valence-electron chi connectivity index (χ4n) is 3.15. The minimum Gasteiger partial charge on any atom is -0.478 e. The van der Waals surface area contributed by atoms with Crippen LogP contribution in [0.15, 0.2) is 54.7 Å². The monoisotopic (exact) mass is 496 g/mol. The van der Waals surface area contributed by atoms with Gasteiger partial charge in [0.05, 0.1) is 16.3 Å². The number of hydrogen-bond acceptors (Lipinski definition) is 4. The van der Waals surface area contributed by atoms with Crippen molar-refractivity contribution in [3.8, 4) is 11.6 Å². The fraction of sp³-hybridized carbons (Fsp3) is 0.174. The van der Waals surface area contributed by atoms with Gasteiger partial charge in [0.2, 0.25) is 5.88 Å². The lowest BCUT2D eigenvalue weighted by Gasteiger charge is -2.28. The summed E-state index contributed by atoms with van der Waals surface area (Å²) in [7, 11) is 0. The minimum atomic E-state index is -4.74. The number of anilines is 1. The largest absolute Gasteiger partial charge is 0.478 e. The van der Waals surface area contributed by atoms with Crippen LogP contribution in [0.1, 0.15) is 40.1 Å². The summed E-state index contributed by atoms with van der Waals surface area (Å²) >= 11 is 5.67. The van der Waals surface area contributed by atoms with Crippen LogP contribution in [0.5, 0.6) is 11.6 Å². The zero-order chi connectivity index (χ0) is 25.2. The van der Waals surface area contributed by atoms with Crippen molar-refractivity contribution in [1.29, 1.82) is 0 Å². The Labute approximate surface area is 196 Å². The predicted octanol–water partition coefficient (Wildman–Crippen LogP) is 6.44. The van der Waals surface area contributed by atoms with Crippen molar-refractivity contribution in [2.24, 2.45) is 0 Å². The standard InChI is InChI=1S/C23H17ClF4N2O4/c1-12(2)30(21(31)13-5-7-17(24)18(25)10-13)19-8-6-14(11-15(19)22(32)33)34-20-16(23(26,27)28)4-3-9-29-20/h3-12H,1-2H3,(H,32,33). The molecule has 0 aliphatic carbocycles. The number of nitrogens with zero attached hydrogens (tertiary/aromatic N) is 2. The Hall–Kier alpha value is -3.66.